The van der Waals surface area contributed by atoms with Crippen molar-refractivity contribution in [2.45, 2.75) is 19.4 Å². The maximum absolute atomic E-state index is 13.4. The van der Waals surface area contributed by atoms with Gasteiger partial charge in [0.2, 0.25) is 0 Å². The van der Waals surface area contributed by atoms with Crippen LogP contribution in [0.2, 0.25) is 5.54 Å². The highest BCUT2D eigenvalue weighted by Crippen LogP contribution is 2.22. The van der Waals surface area contributed by atoms with Crippen LogP contribution in [0.15, 0.2) is 30.3 Å². The Morgan fingerprint density at radius 2 is 1.58 bits per heavy atom. The fraction of sp³-hybridized carbons (Fsp3) is 0.333. The third-order valence-corrected chi connectivity index (χ3v) is 4.44. The first-order valence-corrected chi connectivity index (χ1v) is 5.82. The third-order valence-electron chi connectivity index (χ3n) is 1.88. The second-order valence-electron chi connectivity index (χ2n) is 3.14. The normalized spacial score (nSPS) is 12.1. The van der Waals surface area contributed by atoms with Crippen LogP contribution in [0.4, 0.5) is 8.22 Å². The highest BCUT2D eigenvalue weighted by Gasteiger charge is 2.41. The van der Waals surface area contributed by atoms with Gasteiger partial charge in [-0.05, 0) is 0 Å². The Kier molecular flexibility index (Phi) is 2.62. The summed E-state index contributed by atoms with van der Waals surface area (Å²) in [6, 6.07) is 8.13. The number of halogens is 2. The summed E-state index contributed by atoms with van der Waals surface area (Å²) in [5.74, 6) is 0. The zero-order chi connectivity index (χ0) is 9.19. The van der Waals surface area contributed by atoms with Crippen LogP contribution >= 0.6 is 0 Å². The van der Waals surface area contributed by atoms with Gasteiger partial charge in [0.05, 0.1) is 0 Å². The molecule has 0 fully saturated rings. The molecule has 1 rings (SSSR count). The first-order chi connectivity index (χ1) is 5.55. The summed E-state index contributed by atoms with van der Waals surface area (Å²) in [5.41, 5.74) is -0.514. The molecule has 3 heteroatoms. The molecule has 0 saturated carbocycles. The Morgan fingerprint density at radius 1 is 1.08 bits per heavy atom. The molecule has 0 unspecified atom stereocenters. The summed E-state index contributed by atoms with van der Waals surface area (Å²) >= 11 is 0. The molecule has 0 spiro atoms. The van der Waals surface area contributed by atoms with Gasteiger partial charge in [-0.25, -0.2) is 0 Å². The van der Waals surface area contributed by atoms with E-state index in [0.717, 1.165) is 0 Å². The first kappa shape index (κ1) is 9.39. The summed E-state index contributed by atoms with van der Waals surface area (Å²) in [7, 11) is -4.16. The molecule has 0 bridgehead atoms. The molecule has 0 atom stereocenters. The van der Waals surface area contributed by atoms with Gasteiger partial charge in [-0.3, -0.25) is 8.22 Å². The molecule has 0 aliphatic carbocycles. The minimum atomic E-state index is -4.16. The molecule has 0 saturated heterocycles. The highest BCUT2D eigenvalue weighted by atomic mass is 28.4. The lowest BCUT2D eigenvalue weighted by Gasteiger charge is -2.16. The molecule has 0 radical (unpaired) electrons. The van der Waals surface area contributed by atoms with Gasteiger partial charge in [-0.2, -0.15) is 0 Å². The Labute approximate surface area is 72.6 Å². The number of hydrogen-bond acceptors (Lipinski definition) is 0. The molecule has 0 aromatic heterocycles. The van der Waals surface area contributed by atoms with Crippen molar-refractivity contribution in [1.29, 1.82) is 0 Å². The third kappa shape index (κ3) is 1.72. The van der Waals surface area contributed by atoms with E-state index < -0.39 is 14.3 Å². The van der Waals surface area contributed by atoms with Gasteiger partial charge in [0.15, 0.2) is 0 Å². The smallest absolute Gasteiger partial charge is 0.264 e. The average Bonchev–Trinajstić information content (AvgIpc) is 2.06. The minimum Gasteiger partial charge on any atom is -0.264 e. The summed E-state index contributed by atoms with van der Waals surface area (Å²) in [5, 5.41) is 0.236. The molecule has 1 aromatic rings. The number of rotatable bonds is 2. The summed E-state index contributed by atoms with van der Waals surface area (Å²) in [4.78, 5) is 0. The standard InChI is InChI=1S/C9H12F2Si/c1-8(2)12(10,11)9-6-4-3-5-7-9/h3-8H,1-2H3. The van der Waals surface area contributed by atoms with Crippen molar-refractivity contribution in [3.05, 3.63) is 30.3 Å². The van der Waals surface area contributed by atoms with E-state index in [0.29, 0.717) is 0 Å². The van der Waals surface area contributed by atoms with Crippen LogP contribution in [0.3, 0.4) is 0 Å². The van der Waals surface area contributed by atoms with Crippen molar-refractivity contribution in [2.24, 2.45) is 0 Å². The second kappa shape index (κ2) is 3.35. The van der Waals surface area contributed by atoms with Gasteiger partial charge in [0.25, 0.3) is 0 Å². The molecule has 66 valence electrons. The molecular formula is C9H12F2Si. The summed E-state index contributed by atoms with van der Waals surface area (Å²) in [6.07, 6.45) is 0. The maximum atomic E-state index is 13.4. The van der Waals surface area contributed by atoms with Gasteiger partial charge in [0, 0.05) is 10.7 Å². The van der Waals surface area contributed by atoms with E-state index in [9.17, 15) is 8.22 Å². The zero-order valence-corrected chi connectivity index (χ0v) is 8.22. The van der Waals surface area contributed by atoms with Crippen molar-refractivity contribution in [3.8, 4) is 0 Å². The van der Waals surface area contributed by atoms with Crippen LogP contribution in [0, 0.1) is 0 Å². The van der Waals surface area contributed by atoms with Crippen molar-refractivity contribution in [2.75, 3.05) is 0 Å². The van der Waals surface area contributed by atoms with E-state index in [-0.39, 0.29) is 5.19 Å². The minimum absolute atomic E-state index is 0.236. The molecule has 0 amide bonds. The lowest BCUT2D eigenvalue weighted by Crippen LogP contribution is -2.41. The van der Waals surface area contributed by atoms with Gasteiger partial charge in [-0.15, -0.1) is 0 Å². The van der Waals surface area contributed by atoms with Crippen LogP contribution in [0.1, 0.15) is 13.8 Å². The van der Waals surface area contributed by atoms with E-state index in [1.807, 2.05) is 0 Å². The van der Waals surface area contributed by atoms with E-state index in [1.165, 1.54) is 12.1 Å². The molecule has 0 nitrogen and oxygen atoms in total. The Morgan fingerprint density at radius 3 is 2.00 bits per heavy atom. The molecule has 12 heavy (non-hydrogen) atoms. The van der Waals surface area contributed by atoms with E-state index >= 15 is 0 Å². The molecule has 0 aliphatic heterocycles. The largest absolute Gasteiger partial charge is 0.457 e. The van der Waals surface area contributed by atoms with Crippen molar-refractivity contribution in [1.82, 2.24) is 0 Å². The van der Waals surface area contributed by atoms with Crippen molar-refractivity contribution >= 4 is 13.9 Å². The van der Waals surface area contributed by atoms with Gasteiger partial charge in [0.1, 0.15) is 0 Å². The predicted molar refractivity (Wildman–Crippen MR) is 49.1 cm³/mol. The fourth-order valence-electron chi connectivity index (χ4n) is 0.994. The van der Waals surface area contributed by atoms with E-state index in [2.05, 4.69) is 0 Å². The Hall–Kier alpha value is -0.703. The number of benzene rings is 1. The maximum Gasteiger partial charge on any atom is 0.457 e. The lowest BCUT2D eigenvalue weighted by atomic mass is 10.4. The number of hydrogen-bond donors (Lipinski definition) is 0. The molecule has 1 aromatic carbocycles. The van der Waals surface area contributed by atoms with Crippen LogP contribution in [-0.4, -0.2) is 8.74 Å². The first-order valence-electron chi connectivity index (χ1n) is 3.98. The SMILES string of the molecule is CC(C)[Si](F)(F)c1ccccc1. The predicted octanol–water partition coefficient (Wildman–Crippen LogP) is 2.68. The molecular weight excluding hydrogens is 174 g/mol. The zero-order valence-electron chi connectivity index (χ0n) is 7.22. The van der Waals surface area contributed by atoms with Gasteiger partial charge < -0.3 is 0 Å². The van der Waals surface area contributed by atoms with E-state index in [4.69, 9.17) is 0 Å². The van der Waals surface area contributed by atoms with Crippen LogP contribution in [-0.2, 0) is 0 Å². The van der Waals surface area contributed by atoms with E-state index in [1.54, 1.807) is 32.0 Å². The van der Waals surface area contributed by atoms with Crippen molar-refractivity contribution < 1.29 is 8.22 Å². The fourth-order valence-corrected chi connectivity index (χ4v) is 2.30. The Balaban J connectivity index is 2.98. The average molecular weight is 186 g/mol. The molecule has 0 heterocycles. The topological polar surface area (TPSA) is 0 Å². The van der Waals surface area contributed by atoms with Crippen LogP contribution in [0.5, 0.6) is 0 Å². The van der Waals surface area contributed by atoms with Crippen LogP contribution in [0.25, 0.3) is 0 Å². The Bertz CT molecular complexity index is 244. The lowest BCUT2D eigenvalue weighted by molar-refractivity contribution is 0.593. The summed E-state index contributed by atoms with van der Waals surface area (Å²) in [6.45, 7) is 3.17. The van der Waals surface area contributed by atoms with Gasteiger partial charge >= 0.3 is 8.74 Å². The molecule has 0 aliphatic rings. The summed E-state index contributed by atoms with van der Waals surface area (Å²) < 4.78 is 26.8. The van der Waals surface area contributed by atoms with Crippen molar-refractivity contribution in [3.63, 3.8) is 0 Å². The quantitative estimate of drug-likeness (QED) is 0.492. The van der Waals surface area contributed by atoms with Crippen LogP contribution < -0.4 is 5.19 Å². The van der Waals surface area contributed by atoms with Gasteiger partial charge in [-0.1, -0.05) is 44.2 Å². The monoisotopic (exact) mass is 186 g/mol. The second-order valence-corrected chi connectivity index (χ2v) is 6.12. The molecule has 0 N–H and O–H groups in total. The highest BCUT2D eigenvalue weighted by molar-refractivity contribution is 6.81.